The van der Waals surface area contributed by atoms with Crippen LogP contribution in [0.1, 0.15) is 33.1 Å². The minimum atomic E-state index is -0.0256. The molecule has 0 aliphatic carbocycles. The fourth-order valence-electron chi connectivity index (χ4n) is 4.17. The number of ether oxygens (including phenoxy) is 2. The minimum Gasteiger partial charge on any atom is -0.350 e. The fraction of sp³-hybridized carbons (Fsp3) is 0.393. The summed E-state index contributed by atoms with van der Waals surface area (Å²) >= 11 is 0. The van der Waals surface area contributed by atoms with Gasteiger partial charge in [0.25, 0.3) is 0 Å². The quantitative estimate of drug-likeness (QED) is 0.329. The van der Waals surface area contributed by atoms with Gasteiger partial charge >= 0.3 is 0 Å². The summed E-state index contributed by atoms with van der Waals surface area (Å²) < 4.78 is 13.1. The summed E-state index contributed by atoms with van der Waals surface area (Å²) in [5.41, 5.74) is 2.83. The third-order valence-electron chi connectivity index (χ3n) is 5.99. The summed E-state index contributed by atoms with van der Waals surface area (Å²) in [6.07, 6.45) is 14.6. The first-order chi connectivity index (χ1) is 16.3. The van der Waals surface area contributed by atoms with Gasteiger partial charge in [0.1, 0.15) is 0 Å². The predicted octanol–water partition coefficient (Wildman–Crippen LogP) is 4.93. The smallest absolute Gasteiger partial charge is 0.209 e. The van der Waals surface area contributed by atoms with Crippen LogP contribution in [0.2, 0.25) is 6.32 Å². The van der Waals surface area contributed by atoms with E-state index >= 15 is 0 Å². The first-order valence-electron chi connectivity index (χ1n) is 12.3. The van der Waals surface area contributed by atoms with Gasteiger partial charge in [0.05, 0.1) is 19.5 Å². The maximum atomic E-state index is 5.50. The predicted molar refractivity (Wildman–Crippen MR) is 138 cm³/mol. The number of nitrogens with zero attached hydrogens (tertiary/aromatic N) is 2. The molecule has 0 amide bonds. The van der Waals surface area contributed by atoms with Crippen LogP contribution >= 0.6 is 0 Å². The Labute approximate surface area is 199 Å². The normalized spacial score (nSPS) is 14.7. The Morgan fingerprint density at radius 1 is 0.970 bits per heavy atom. The summed E-state index contributed by atoms with van der Waals surface area (Å²) in [5, 5.41) is 0. The number of aromatic nitrogens is 2. The maximum absolute atomic E-state index is 5.50. The van der Waals surface area contributed by atoms with Crippen LogP contribution in [0.3, 0.4) is 0 Å². The Balaban J connectivity index is 0.000000194. The molecule has 0 spiro atoms. The highest BCUT2D eigenvalue weighted by Crippen LogP contribution is 2.19. The molecule has 4 nitrogen and oxygen atoms in total. The second-order valence-corrected chi connectivity index (χ2v) is 8.37. The van der Waals surface area contributed by atoms with Gasteiger partial charge in [-0.2, -0.15) is 0 Å². The van der Waals surface area contributed by atoms with Crippen molar-refractivity contribution < 1.29 is 9.47 Å². The number of imidazole rings is 1. The van der Waals surface area contributed by atoms with Crippen molar-refractivity contribution in [2.75, 3.05) is 13.2 Å². The number of hydrogen-bond donors (Lipinski definition) is 0. The van der Waals surface area contributed by atoms with Crippen molar-refractivity contribution in [2.45, 2.75) is 52.3 Å². The molecule has 2 heterocycles. The molecule has 1 fully saturated rings. The highest BCUT2D eigenvalue weighted by molar-refractivity contribution is 6.85. The van der Waals surface area contributed by atoms with E-state index in [9.17, 15) is 0 Å². The van der Waals surface area contributed by atoms with Gasteiger partial charge in [-0.25, -0.2) is 4.98 Å². The molecular weight excluding hydrogens is 407 g/mol. The average molecular weight is 444 g/mol. The summed E-state index contributed by atoms with van der Waals surface area (Å²) in [5.74, 6) is 0.423. The van der Waals surface area contributed by atoms with Crippen molar-refractivity contribution in [3.63, 3.8) is 0 Å². The first kappa shape index (κ1) is 25.0. The molecule has 2 aromatic carbocycles. The molecule has 1 saturated heterocycles. The average Bonchev–Trinajstić information content (AvgIpc) is 3.59. The van der Waals surface area contributed by atoms with Gasteiger partial charge in [-0.1, -0.05) is 104 Å². The van der Waals surface area contributed by atoms with Crippen molar-refractivity contribution >= 4 is 17.6 Å². The van der Waals surface area contributed by atoms with Gasteiger partial charge in [0, 0.05) is 24.9 Å². The fourth-order valence-corrected chi connectivity index (χ4v) is 4.17. The van der Waals surface area contributed by atoms with Crippen LogP contribution in [0.25, 0.3) is 0 Å². The lowest BCUT2D eigenvalue weighted by Crippen LogP contribution is -2.41. The van der Waals surface area contributed by atoms with E-state index < -0.39 is 0 Å². The van der Waals surface area contributed by atoms with E-state index in [1.165, 1.54) is 17.2 Å². The SMILES string of the molecule is CCC(Cn1ccnc1)C1OCCO1.CCC=CCCB(c1ccccc1)c1ccccc1. The molecule has 1 atom stereocenters. The van der Waals surface area contributed by atoms with E-state index in [0.29, 0.717) is 12.6 Å². The summed E-state index contributed by atoms with van der Waals surface area (Å²) in [6, 6.07) is 21.6. The number of benzene rings is 2. The van der Waals surface area contributed by atoms with Crippen molar-refractivity contribution in [3.8, 4) is 0 Å². The third kappa shape index (κ3) is 8.34. The van der Waals surface area contributed by atoms with Gasteiger partial charge in [-0.15, -0.1) is 0 Å². The van der Waals surface area contributed by atoms with Crippen LogP contribution in [0.5, 0.6) is 0 Å². The highest BCUT2D eigenvalue weighted by Gasteiger charge is 2.25. The highest BCUT2D eigenvalue weighted by atomic mass is 16.7. The zero-order chi connectivity index (χ0) is 23.1. The van der Waals surface area contributed by atoms with Crippen molar-refractivity contribution in [3.05, 3.63) is 91.5 Å². The second-order valence-electron chi connectivity index (χ2n) is 8.37. The van der Waals surface area contributed by atoms with E-state index in [-0.39, 0.29) is 6.29 Å². The van der Waals surface area contributed by atoms with Gasteiger partial charge in [-0.3, -0.25) is 0 Å². The summed E-state index contributed by atoms with van der Waals surface area (Å²) in [6.45, 7) is 7.22. The van der Waals surface area contributed by atoms with Crippen molar-refractivity contribution in [1.82, 2.24) is 9.55 Å². The second kappa shape index (κ2) is 14.5. The molecule has 1 unspecified atom stereocenters. The molecule has 5 heteroatoms. The van der Waals surface area contributed by atoms with Crippen molar-refractivity contribution in [2.24, 2.45) is 5.92 Å². The standard InChI is InChI=1S/C18H21B.C10H16N2O2/c1-2-3-4-11-16-19(17-12-7-5-8-13-17)18-14-9-6-10-15-18;1-2-9(10-13-5-6-14-10)7-12-4-3-11-8-12/h3-10,12-15H,2,11,16H2,1H3;3-4,8-10H,2,5-7H2,1H3. The monoisotopic (exact) mass is 444 g/mol. The minimum absolute atomic E-state index is 0.0256. The molecule has 174 valence electrons. The van der Waals surface area contributed by atoms with Gasteiger partial charge in [0.2, 0.25) is 6.71 Å². The van der Waals surface area contributed by atoms with Crippen molar-refractivity contribution in [1.29, 1.82) is 0 Å². The zero-order valence-corrected chi connectivity index (χ0v) is 20.1. The lowest BCUT2D eigenvalue weighted by atomic mass is 9.38. The van der Waals surface area contributed by atoms with Crippen LogP contribution in [-0.4, -0.2) is 35.8 Å². The molecule has 0 N–H and O–H groups in total. The van der Waals surface area contributed by atoms with E-state index in [1.54, 1.807) is 6.20 Å². The molecule has 0 saturated carbocycles. The Morgan fingerprint density at radius 3 is 2.12 bits per heavy atom. The molecule has 1 aromatic heterocycles. The zero-order valence-electron chi connectivity index (χ0n) is 20.1. The Hall–Kier alpha value is -2.63. The third-order valence-corrected chi connectivity index (χ3v) is 5.99. The van der Waals surface area contributed by atoms with Crippen LogP contribution in [0.4, 0.5) is 0 Å². The topological polar surface area (TPSA) is 36.3 Å². The first-order valence-corrected chi connectivity index (χ1v) is 12.3. The van der Waals surface area contributed by atoms with Gasteiger partial charge < -0.3 is 14.0 Å². The van der Waals surface area contributed by atoms with E-state index in [1.807, 2.05) is 12.5 Å². The van der Waals surface area contributed by atoms with Gasteiger partial charge in [0.15, 0.2) is 6.29 Å². The molecule has 0 bridgehead atoms. The molecule has 3 aromatic rings. The van der Waals surface area contributed by atoms with Crippen LogP contribution in [-0.2, 0) is 16.0 Å². The lowest BCUT2D eigenvalue weighted by Gasteiger charge is -2.20. The maximum Gasteiger partial charge on any atom is 0.209 e. The van der Waals surface area contributed by atoms with Crippen LogP contribution < -0.4 is 10.9 Å². The van der Waals surface area contributed by atoms with Gasteiger partial charge in [-0.05, 0) is 19.3 Å². The molecule has 1 aliphatic rings. The van der Waals surface area contributed by atoms with E-state index in [4.69, 9.17) is 9.47 Å². The Kier molecular flexibility index (Phi) is 11.0. The Morgan fingerprint density at radius 2 is 1.61 bits per heavy atom. The largest absolute Gasteiger partial charge is 0.350 e. The molecule has 33 heavy (non-hydrogen) atoms. The van der Waals surface area contributed by atoms with E-state index in [0.717, 1.165) is 39.0 Å². The number of allylic oxidation sites excluding steroid dienone is 2. The molecule has 0 radical (unpaired) electrons. The number of rotatable bonds is 10. The molecular formula is C28H37BN2O2. The van der Waals surface area contributed by atoms with E-state index in [2.05, 4.69) is 96.2 Å². The van der Waals surface area contributed by atoms with Crippen LogP contribution in [0.15, 0.2) is 91.5 Å². The molecule has 1 aliphatic heterocycles. The Bertz CT molecular complexity index is 855. The summed E-state index contributed by atoms with van der Waals surface area (Å²) in [7, 11) is 0. The summed E-state index contributed by atoms with van der Waals surface area (Å²) in [4.78, 5) is 4.02. The lowest BCUT2D eigenvalue weighted by molar-refractivity contribution is -0.0884. The van der Waals surface area contributed by atoms with Crippen LogP contribution in [0, 0.1) is 5.92 Å². The molecule has 4 rings (SSSR count). The number of hydrogen-bond acceptors (Lipinski definition) is 3.